The van der Waals surface area contributed by atoms with Gasteiger partial charge >= 0.3 is 0 Å². The van der Waals surface area contributed by atoms with Crippen LogP contribution < -0.4 is 4.74 Å². The lowest BCUT2D eigenvalue weighted by molar-refractivity contribution is 0.0367. The van der Waals surface area contributed by atoms with Crippen molar-refractivity contribution >= 4 is 5.91 Å². The number of para-hydroxylation sites is 1. The second-order valence-corrected chi connectivity index (χ2v) is 10.8. The van der Waals surface area contributed by atoms with E-state index in [1.807, 2.05) is 18.7 Å². The van der Waals surface area contributed by atoms with E-state index >= 15 is 0 Å². The maximum atomic E-state index is 13.2. The van der Waals surface area contributed by atoms with E-state index in [9.17, 15) is 4.79 Å². The maximum absolute atomic E-state index is 13.2. The highest BCUT2D eigenvalue weighted by Crippen LogP contribution is 2.40. The Labute approximate surface area is 203 Å². The first kappa shape index (κ1) is 23.4. The van der Waals surface area contributed by atoms with Gasteiger partial charge in [-0.15, -0.1) is 0 Å². The van der Waals surface area contributed by atoms with Crippen LogP contribution in [0.2, 0.25) is 0 Å². The molecule has 1 saturated carbocycles. The summed E-state index contributed by atoms with van der Waals surface area (Å²) in [7, 11) is 0. The van der Waals surface area contributed by atoms with Crippen LogP contribution >= 0.6 is 0 Å². The number of carbonyl (C=O) groups is 1. The molecule has 3 aliphatic rings. The molecule has 0 atom stereocenters. The van der Waals surface area contributed by atoms with Crippen molar-refractivity contribution < 1.29 is 14.1 Å². The van der Waals surface area contributed by atoms with E-state index in [4.69, 9.17) is 9.26 Å². The first-order valence-corrected chi connectivity index (χ1v) is 13.2. The highest BCUT2D eigenvalue weighted by Gasteiger charge is 2.39. The fraction of sp³-hybridized carbons (Fsp3) is 0.643. The fourth-order valence-corrected chi connectivity index (χ4v) is 5.94. The summed E-state index contributed by atoms with van der Waals surface area (Å²) >= 11 is 0. The molecule has 34 heavy (non-hydrogen) atoms. The number of hydrogen-bond acceptors (Lipinski definition) is 5. The molecule has 0 radical (unpaired) electrons. The number of piperidine rings is 1. The largest absolute Gasteiger partial charge is 0.492 e. The van der Waals surface area contributed by atoms with Gasteiger partial charge < -0.3 is 14.2 Å². The van der Waals surface area contributed by atoms with Gasteiger partial charge in [-0.25, -0.2) is 0 Å². The number of carbonyl (C=O) groups excluding carboxylic acids is 1. The first-order valence-electron chi connectivity index (χ1n) is 13.2. The van der Waals surface area contributed by atoms with Crippen molar-refractivity contribution in [2.24, 2.45) is 11.3 Å². The van der Waals surface area contributed by atoms with E-state index in [0.717, 1.165) is 63.7 Å². The smallest absolute Gasteiger partial charge is 0.259 e. The van der Waals surface area contributed by atoms with Crippen LogP contribution in [0.4, 0.5) is 0 Å². The van der Waals surface area contributed by atoms with Crippen LogP contribution in [0.15, 0.2) is 28.8 Å². The molecule has 2 aromatic rings. The molecule has 1 aromatic carbocycles. The van der Waals surface area contributed by atoms with Crippen molar-refractivity contribution in [1.29, 1.82) is 0 Å². The zero-order valence-electron chi connectivity index (χ0n) is 20.9. The molecule has 0 unspecified atom stereocenters. The van der Waals surface area contributed by atoms with Gasteiger partial charge in [0, 0.05) is 32.7 Å². The molecule has 0 bridgehead atoms. The minimum Gasteiger partial charge on any atom is -0.492 e. The van der Waals surface area contributed by atoms with Gasteiger partial charge in [0.05, 0.1) is 5.69 Å². The Morgan fingerprint density at radius 2 is 1.88 bits per heavy atom. The molecule has 3 heterocycles. The second kappa shape index (κ2) is 10.1. The molecule has 1 saturated heterocycles. The molecule has 2 aliphatic heterocycles. The number of rotatable bonds is 3. The molecule has 1 spiro atoms. The zero-order valence-corrected chi connectivity index (χ0v) is 20.9. The lowest BCUT2D eigenvalue weighted by atomic mass is 9.73. The van der Waals surface area contributed by atoms with Crippen LogP contribution in [0.25, 0.3) is 0 Å². The molecule has 184 valence electrons. The summed E-state index contributed by atoms with van der Waals surface area (Å²) in [6, 6.07) is 8.55. The Morgan fingerprint density at radius 1 is 1.09 bits per heavy atom. The van der Waals surface area contributed by atoms with Crippen molar-refractivity contribution in [3.05, 3.63) is 46.8 Å². The van der Waals surface area contributed by atoms with Gasteiger partial charge in [-0.1, -0.05) is 29.8 Å². The molecule has 1 aromatic heterocycles. The lowest BCUT2D eigenvalue weighted by Gasteiger charge is -2.45. The van der Waals surface area contributed by atoms with Gasteiger partial charge in [-0.05, 0) is 81.8 Å². The van der Waals surface area contributed by atoms with E-state index in [1.165, 1.54) is 44.2 Å². The Hall–Kier alpha value is -2.34. The number of fused-ring (bicyclic) bond motifs is 1. The molecule has 6 nitrogen and oxygen atoms in total. The predicted octanol–water partition coefficient (Wildman–Crippen LogP) is 5.03. The highest BCUT2D eigenvalue weighted by atomic mass is 16.5. The van der Waals surface area contributed by atoms with Gasteiger partial charge in [0.25, 0.3) is 5.91 Å². The molecular weight excluding hydrogens is 426 g/mol. The van der Waals surface area contributed by atoms with Crippen molar-refractivity contribution in [3.8, 4) is 5.75 Å². The van der Waals surface area contributed by atoms with E-state index in [1.54, 1.807) is 0 Å². The summed E-state index contributed by atoms with van der Waals surface area (Å²) in [6.07, 6.45) is 9.61. The lowest BCUT2D eigenvalue weighted by Crippen LogP contribution is -2.49. The SMILES string of the molecule is Cc1noc(C)c1C(=O)N1CCC2(CCCCc3ccccc3OCCN(CC3CC3)C2)CC1. The minimum atomic E-state index is 0.0825. The number of benzene rings is 1. The Kier molecular flexibility index (Phi) is 6.96. The maximum Gasteiger partial charge on any atom is 0.259 e. The fourth-order valence-electron chi connectivity index (χ4n) is 5.94. The molecule has 0 N–H and O–H groups in total. The number of aryl methyl sites for hydroxylation is 3. The van der Waals surface area contributed by atoms with Gasteiger partial charge in [0.15, 0.2) is 0 Å². The van der Waals surface area contributed by atoms with Crippen molar-refractivity contribution in [1.82, 2.24) is 15.0 Å². The van der Waals surface area contributed by atoms with E-state index in [-0.39, 0.29) is 11.3 Å². The Bertz CT molecular complexity index is 969. The number of hydrogen-bond donors (Lipinski definition) is 0. The van der Waals surface area contributed by atoms with Crippen molar-refractivity contribution in [2.75, 3.05) is 39.3 Å². The van der Waals surface area contributed by atoms with Gasteiger partial charge in [-0.2, -0.15) is 0 Å². The summed E-state index contributed by atoms with van der Waals surface area (Å²) in [6.45, 7) is 9.37. The number of nitrogens with zero attached hydrogens (tertiary/aromatic N) is 3. The average molecular weight is 466 g/mol. The van der Waals surface area contributed by atoms with Crippen LogP contribution in [-0.4, -0.2) is 60.2 Å². The summed E-state index contributed by atoms with van der Waals surface area (Å²) in [5.41, 5.74) is 2.97. The number of amides is 1. The third-order valence-electron chi connectivity index (χ3n) is 8.17. The third kappa shape index (κ3) is 5.32. The number of ether oxygens (including phenoxy) is 1. The summed E-state index contributed by atoms with van der Waals surface area (Å²) in [5.74, 6) is 2.64. The average Bonchev–Trinajstić information content (AvgIpc) is 3.58. The van der Waals surface area contributed by atoms with Gasteiger partial charge in [0.2, 0.25) is 0 Å². The molecular formula is C28H39N3O3. The van der Waals surface area contributed by atoms with Gasteiger partial charge in [0.1, 0.15) is 23.7 Å². The molecule has 6 heteroatoms. The standard InChI is InChI=1S/C28H39N3O3/c1-21-26(22(2)34-29-21)27(32)31-15-13-28(14-16-31)12-6-5-8-24-7-3-4-9-25(24)33-18-17-30(20-28)19-23-10-11-23/h3-4,7,9,23H,5-6,8,10-20H2,1-2H3. The summed E-state index contributed by atoms with van der Waals surface area (Å²) in [5, 5.41) is 3.99. The van der Waals surface area contributed by atoms with Crippen LogP contribution in [0.3, 0.4) is 0 Å². The Morgan fingerprint density at radius 3 is 2.62 bits per heavy atom. The summed E-state index contributed by atoms with van der Waals surface area (Å²) in [4.78, 5) is 17.9. The molecule has 1 amide bonds. The predicted molar refractivity (Wildman–Crippen MR) is 132 cm³/mol. The minimum absolute atomic E-state index is 0.0825. The van der Waals surface area contributed by atoms with E-state index in [2.05, 4.69) is 34.3 Å². The van der Waals surface area contributed by atoms with Crippen LogP contribution in [0.5, 0.6) is 5.75 Å². The Balaban J connectivity index is 1.29. The second-order valence-electron chi connectivity index (χ2n) is 10.8. The van der Waals surface area contributed by atoms with E-state index < -0.39 is 0 Å². The molecule has 1 aliphatic carbocycles. The van der Waals surface area contributed by atoms with E-state index in [0.29, 0.717) is 17.0 Å². The number of aromatic nitrogens is 1. The van der Waals surface area contributed by atoms with Gasteiger partial charge in [-0.3, -0.25) is 9.69 Å². The topological polar surface area (TPSA) is 58.8 Å². The quantitative estimate of drug-likeness (QED) is 0.636. The normalized spacial score (nSPS) is 21.9. The van der Waals surface area contributed by atoms with Crippen LogP contribution in [0, 0.1) is 25.2 Å². The van der Waals surface area contributed by atoms with Crippen molar-refractivity contribution in [2.45, 2.75) is 65.2 Å². The third-order valence-corrected chi connectivity index (χ3v) is 8.17. The van der Waals surface area contributed by atoms with Crippen LogP contribution in [0.1, 0.15) is 72.3 Å². The molecule has 5 rings (SSSR count). The highest BCUT2D eigenvalue weighted by molar-refractivity contribution is 5.96. The number of likely N-dealkylation sites (tertiary alicyclic amines) is 1. The first-order chi connectivity index (χ1) is 16.5. The molecule has 2 fully saturated rings. The monoisotopic (exact) mass is 465 g/mol. The van der Waals surface area contributed by atoms with Crippen LogP contribution in [-0.2, 0) is 6.42 Å². The zero-order chi connectivity index (χ0) is 23.5. The van der Waals surface area contributed by atoms with Crippen molar-refractivity contribution in [3.63, 3.8) is 0 Å². The summed E-state index contributed by atoms with van der Waals surface area (Å²) < 4.78 is 11.5.